The van der Waals surface area contributed by atoms with Gasteiger partial charge in [-0.25, -0.2) is 0 Å². The molecule has 10 heteroatoms. The molecule has 0 saturated carbocycles. The lowest BCUT2D eigenvalue weighted by atomic mass is 10.1. The molecule has 0 aromatic carbocycles. The van der Waals surface area contributed by atoms with E-state index in [1.165, 1.54) is 17.8 Å². The number of hydrogen-bond donors (Lipinski definition) is 3. The van der Waals surface area contributed by atoms with Crippen molar-refractivity contribution in [2.24, 2.45) is 7.05 Å². The van der Waals surface area contributed by atoms with Crippen molar-refractivity contribution in [3.63, 3.8) is 0 Å². The lowest BCUT2D eigenvalue weighted by molar-refractivity contribution is -0.384. The van der Waals surface area contributed by atoms with Crippen LogP contribution in [0.1, 0.15) is 11.8 Å². The van der Waals surface area contributed by atoms with Crippen LogP contribution in [0.4, 0.5) is 5.69 Å². The highest BCUT2D eigenvalue weighted by Crippen LogP contribution is 2.23. The predicted octanol–water partition coefficient (Wildman–Crippen LogP) is 0.247. The molecular weight excluding hydrogens is 313 g/mol. The standard InChI is InChI=1S/C10H13Cl2N3O5/c1-14-3-5(15(19)20)2-7(14)8(17)6(4-16)13-10(18)9(11)12/h2-3,6,8-9,16-17H,4H2,1H3,(H,13,18). The number of amides is 1. The molecule has 0 fully saturated rings. The number of carbonyl (C=O) groups excluding carboxylic acids is 1. The van der Waals surface area contributed by atoms with Gasteiger partial charge in [-0.2, -0.15) is 0 Å². The van der Waals surface area contributed by atoms with Crippen molar-refractivity contribution in [1.29, 1.82) is 0 Å². The van der Waals surface area contributed by atoms with Gasteiger partial charge in [0, 0.05) is 13.1 Å². The van der Waals surface area contributed by atoms with Gasteiger partial charge in [0.05, 0.1) is 29.5 Å². The Morgan fingerprint density at radius 3 is 2.60 bits per heavy atom. The zero-order valence-corrected chi connectivity index (χ0v) is 11.9. The molecule has 0 radical (unpaired) electrons. The molecule has 1 rings (SSSR count). The fourth-order valence-electron chi connectivity index (χ4n) is 1.63. The summed E-state index contributed by atoms with van der Waals surface area (Å²) in [5.41, 5.74) is -0.0473. The molecule has 2 atom stereocenters. The topological polar surface area (TPSA) is 118 Å². The van der Waals surface area contributed by atoms with Gasteiger partial charge in [-0.3, -0.25) is 14.9 Å². The first-order chi connectivity index (χ1) is 9.27. The van der Waals surface area contributed by atoms with E-state index in [0.29, 0.717) is 0 Å². The second-order valence-electron chi connectivity index (χ2n) is 4.03. The van der Waals surface area contributed by atoms with E-state index in [9.17, 15) is 25.1 Å². The number of halogens is 2. The minimum Gasteiger partial charge on any atom is -0.394 e. The lowest BCUT2D eigenvalue weighted by Crippen LogP contribution is -2.44. The lowest BCUT2D eigenvalue weighted by Gasteiger charge is -2.22. The molecule has 0 spiro atoms. The summed E-state index contributed by atoms with van der Waals surface area (Å²) >= 11 is 10.7. The minimum atomic E-state index is -1.35. The molecule has 0 aliphatic carbocycles. The van der Waals surface area contributed by atoms with Gasteiger partial charge in [-0.15, -0.1) is 0 Å². The molecular formula is C10H13Cl2N3O5. The molecule has 1 aromatic heterocycles. The quantitative estimate of drug-likeness (QED) is 0.393. The van der Waals surface area contributed by atoms with Crippen molar-refractivity contribution < 1.29 is 19.9 Å². The number of hydrogen-bond acceptors (Lipinski definition) is 5. The number of rotatable bonds is 6. The van der Waals surface area contributed by atoms with Crippen molar-refractivity contribution in [2.75, 3.05) is 6.61 Å². The van der Waals surface area contributed by atoms with Crippen LogP contribution in [0.15, 0.2) is 12.3 Å². The number of carbonyl (C=O) groups is 1. The molecule has 1 heterocycles. The largest absolute Gasteiger partial charge is 0.394 e. The molecule has 0 aliphatic heterocycles. The Kier molecular flexibility index (Phi) is 5.75. The number of nitro groups is 1. The van der Waals surface area contributed by atoms with E-state index in [2.05, 4.69) is 5.32 Å². The fraction of sp³-hybridized carbons (Fsp3) is 0.500. The molecule has 8 nitrogen and oxygen atoms in total. The summed E-state index contributed by atoms with van der Waals surface area (Å²) in [4.78, 5) is 20.0. The van der Waals surface area contributed by atoms with Gasteiger partial charge in [0.1, 0.15) is 6.10 Å². The zero-order chi connectivity index (χ0) is 15.4. The van der Waals surface area contributed by atoms with Crippen molar-refractivity contribution in [3.05, 3.63) is 28.1 Å². The van der Waals surface area contributed by atoms with Crippen molar-refractivity contribution in [1.82, 2.24) is 9.88 Å². The summed E-state index contributed by atoms with van der Waals surface area (Å²) in [6.07, 6.45) is -0.143. The highest BCUT2D eigenvalue weighted by atomic mass is 35.5. The third-order valence-electron chi connectivity index (χ3n) is 2.65. The van der Waals surface area contributed by atoms with Crippen LogP contribution in [-0.4, -0.2) is 43.1 Å². The Morgan fingerprint density at radius 2 is 2.20 bits per heavy atom. The average molecular weight is 326 g/mol. The van der Waals surface area contributed by atoms with Crippen LogP contribution < -0.4 is 5.32 Å². The summed E-state index contributed by atoms with van der Waals surface area (Å²) in [5.74, 6) is -0.782. The van der Waals surface area contributed by atoms with Crippen molar-refractivity contribution >= 4 is 34.8 Å². The molecule has 20 heavy (non-hydrogen) atoms. The second kappa shape index (κ2) is 6.89. The highest BCUT2D eigenvalue weighted by Gasteiger charge is 2.28. The number of alkyl halides is 2. The summed E-state index contributed by atoms with van der Waals surface area (Å²) in [6, 6.07) is 0.0638. The SMILES string of the molecule is Cn1cc([N+](=O)[O-])cc1C(O)C(CO)NC(=O)C(Cl)Cl. The predicted molar refractivity (Wildman–Crippen MR) is 71.5 cm³/mol. The Bertz CT molecular complexity index is 505. The fourth-order valence-corrected chi connectivity index (χ4v) is 1.76. The van der Waals surface area contributed by atoms with Crippen LogP contribution in [0, 0.1) is 10.1 Å². The minimum absolute atomic E-state index is 0.164. The van der Waals surface area contributed by atoms with Gasteiger partial charge in [-0.05, 0) is 0 Å². The van der Waals surface area contributed by atoms with E-state index in [4.69, 9.17) is 23.2 Å². The first-order valence-electron chi connectivity index (χ1n) is 5.46. The van der Waals surface area contributed by atoms with Crippen LogP contribution in [-0.2, 0) is 11.8 Å². The highest BCUT2D eigenvalue weighted by molar-refractivity contribution is 6.53. The monoisotopic (exact) mass is 325 g/mol. The Labute approximate surface area is 124 Å². The van der Waals surface area contributed by atoms with Crippen LogP contribution in [0.3, 0.4) is 0 Å². The van der Waals surface area contributed by atoms with Crippen molar-refractivity contribution in [3.8, 4) is 0 Å². The molecule has 0 aliphatic rings. The normalized spacial score (nSPS) is 14.1. The zero-order valence-electron chi connectivity index (χ0n) is 10.4. The maximum Gasteiger partial charge on any atom is 0.287 e. The van der Waals surface area contributed by atoms with E-state index in [0.717, 1.165) is 6.07 Å². The smallest absolute Gasteiger partial charge is 0.287 e. The van der Waals surface area contributed by atoms with Gasteiger partial charge in [0.25, 0.3) is 11.6 Å². The number of aliphatic hydroxyl groups is 2. The summed E-state index contributed by atoms with van der Waals surface area (Å²) < 4.78 is 1.33. The van der Waals surface area contributed by atoms with Gasteiger partial charge >= 0.3 is 0 Å². The van der Waals surface area contributed by atoms with Crippen LogP contribution in [0.5, 0.6) is 0 Å². The third kappa shape index (κ3) is 3.83. The van der Waals surface area contributed by atoms with Crippen LogP contribution in [0.2, 0.25) is 0 Å². The second-order valence-corrected chi connectivity index (χ2v) is 5.13. The molecule has 0 bridgehead atoms. The van der Waals surface area contributed by atoms with E-state index >= 15 is 0 Å². The molecule has 112 valence electrons. The first kappa shape index (κ1) is 16.7. The first-order valence-corrected chi connectivity index (χ1v) is 6.33. The molecule has 0 saturated heterocycles. The Hall–Kier alpha value is -1.35. The Morgan fingerprint density at radius 1 is 1.60 bits per heavy atom. The number of aromatic nitrogens is 1. The Balaban J connectivity index is 2.93. The summed E-state index contributed by atoms with van der Waals surface area (Å²) in [7, 11) is 1.49. The van der Waals surface area contributed by atoms with Crippen LogP contribution >= 0.6 is 23.2 Å². The maximum atomic E-state index is 11.3. The van der Waals surface area contributed by atoms with Gasteiger partial charge in [0.15, 0.2) is 4.84 Å². The van der Waals surface area contributed by atoms with E-state index in [1.54, 1.807) is 0 Å². The third-order valence-corrected chi connectivity index (χ3v) is 3.04. The van der Waals surface area contributed by atoms with Gasteiger partial charge in [0.2, 0.25) is 0 Å². The van der Waals surface area contributed by atoms with Crippen LogP contribution in [0.25, 0.3) is 0 Å². The number of nitrogens with one attached hydrogen (secondary N) is 1. The molecule has 2 unspecified atom stereocenters. The molecule has 1 amide bonds. The van der Waals surface area contributed by atoms with E-state index < -0.39 is 34.4 Å². The van der Waals surface area contributed by atoms with E-state index in [-0.39, 0.29) is 11.4 Å². The number of aryl methyl sites for hydroxylation is 1. The summed E-state index contributed by atoms with van der Waals surface area (Å²) in [5, 5.41) is 32.2. The van der Waals surface area contributed by atoms with E-state index in [1.807, 2.05) is 0 Å². The summed E-state index contributed by atoms with van der Waals surface area (Å²) in [6.45, 7) is -0.591. The number of aliphatic hydroxyl groups excluding tert-OH is 2. The van der Waals surface area contributed by atoms with Crippen molar-refractivity contribution in [2.45, 2.75) is 17.0 Å². The average Bonchev–Trinajstić information content (AvgIpc) is 2.77. The van der Waals surface area contributed by atoms with Gasteiger partial charge < -0.3 is 20.1 Å². The molecule has 3 N–H and O–H groups in total. The molecule has 1 aromatic rings. The van der Waals surface area contributed by atoms with Gasteiger partial charge in [-0.1, -0.05) is 23.2 Å². The number of nitrogens with zero attached hydrogens (tertiary/aromatic N) is 2. The maximum absolute atomic E-state index is 11.3.